The quantitative estimate of drug-likeness (QED) is 0.485. The summed E-state index contributed by atoms with van der Waals surface area (Å²) in [5.41, 5.74) is 1.12. The Bertz CT molecular complexity index is 137. The molecule has 0 aromatic heterocycles. The maximum Gasteiger partial charge on any atom is 0.0432 e. The van der Waals surface area contributed by atoms with E-state index >= 15 is 0 Å². The van der Waals surface area contributed by atoms with Gasteiger partial charge < -0.3 is 0 Å². The van der Waals surface area contributed by atoms with Gasteiger partial charge in [-0.15, -0.1) is 11.8 Å². The smallest absolute Gasteiger partial charge is 0.0432 e. The lowest BCUT2D eigenvalue weighted by Crippen LogP contribution is -1.98. The first-order valence-electron chi connectivity index (χ1n) is 2.65. The van der Waals surface area contributed by atoms with Crippen molar-refractivity contribution >= 4 is 18.0 Å². The molecule has 0 saturated carbocycles. The largest absolute Gasteiger partial charge is 0.264 e. The van der Waals surface area contributed by atoms with E-state index in [9.17, 15) is 0 Å². The molecule has 0 saturated heterocycles. The number of hydrogen-bond acceptors (Lipinski definition) is 2. The Morgan fingerprint density at radius 3 is 2.88 bits per heavy atom. The molecule has 1 nitrogen and oxygen atoms in total. The molecule has 2 heteroatoms. The van der Waals surface area contributed by atoms with Gasteiger partial charge in [0.25, 0.3) is 0 Å². The van der Waals surface area contributed by atoms with E-state index in [1.807, 2.05) is 24.9 Å². The Morgan fingerprint density at radius 1 is 1.75 bits per heavy atom. The monoisotopic (exact) mass is 127 g/mol. The van der Waals surface area contributed by atoms with Crippen LogP contribution in [0.1, 0.15) is 13.8 Å². The van der Waals surface area contributed by atoms with Gasteiger partial charge in [-0.1, -0.05) is 0 Å². The first kappa shape index (κ1) is 5.89. The van der Waals surface area contributed by atoms with E-state index in [2.05, 4.69) is 17.3 Å². The lowest BCUT2D eigenvalue weighted by molar-refractivity contribution is 1.25. The van der Waals surface area contributed by atoms with Crippen LogP contribution in [0.2, 0.25) is 0 Å². The molecular weight excluding hydrogens is 118 g/mol. The average molecular weight is 127 g/mol. The van der Waals surface area contributed by atoms with Crippen LogP contribution in [0.3, 0.4) is 0 Å². The molecule has 1 aliphatic heterocycles. The highest BCUT2D eigenvalue weighted by molar-refractivity contribution is 8.03. The highest BCUT2D eigenvalue weighted by Gasteiger charge is 1.99. The molecule has 0 aliphatic carbocycles. The van der Waals surface area contributed by atoms with Crippen molar-refractivity contribution in [3.8, 4) is 0 Å². The molecule has 1 atom stereocenters. The number of nitrogens with zero attached hydrogens (tertiary/aromatic N) is 1. The minimum absolute atomic E-state index is 0.568. The van der Waals surface area contributed by atoms with Gasteiger partial charge in [-0.2, -0.15) is 0 Å². The second-order valence-electron chi connectivity index (χ2n) is 1.88. The fourth-order valence-electron chi connectivity index (χ4n) is 0.494. The molecule has 0 aromatic carbocycles. The lowest BCUT2D eigenvalue weighted by Gasteiger charge is -2.05. The van der Waals surface area contributed by atoms with E-state index < -0.39 is 0 Å². The Balaban J connectivity index is 2.58. The molecule has 0 N–H and O–H groups in total. The summed E-state index contributed by atoms with van der Waals surface area (Å²) >= 11 is 1.81. The van der Waals surface area contributed by atoms with Crippen molar-refractivity contribution < 1.29 is 0 Å². The molecule has 8 heavy (non-hydrogen) atoms. The SMILES string of the molecule is CC1=CSC(C)C=N1. The van der Waals surface area contributed by atoms with Gasteiger partial charge in [-0.05, 0) is 19.3 Å². The summed E-state index contributed by atoms with van der Waals surface area (Å²) in [4.78, 5) is 4.13. The summed E-state index contributed by atoms with van der Waals surface area (Å²) < 4.78 is 0. The van der Waals surface area contributed by atoms with Crippen molar-refractivity contribution in [3.63, 3.8) is 0 Å². The molecule has 1 rings (SSSR count). The second kappa shape index (κ2) is 2.35. The van der Waals surface area contributed by atoms with Gasteiger partial charge in [-0.3, -0.25) is 4.99 Å². The fraction of sp³-hybridized carbons (Fsp3) is 0.500. The number of rotatable bonds is 0. The van der Waals surface area contributed by atoms with Crippen molar-refractivity contribution in [2.24, 2.45) is 4.99 Å². The van der Waals surface area contributed by atoms with Crippen LogP contribution in [-0.2, 0) is 0 Å². The van der Waals surface area contributed by atoms with E-state index in [1.54, 1.807) is 0 Å². The van der Waals surface area contributed by atoms with Crippen LogP contribution < -0.4 is 0 Å². The maximum absolute atomic E-state index is 4.13. The topological polar surface area (TPSA) is 12.4 Å². The summed E-state index contributed by atoms with van der Waals surface area (Å²) in [5, 5.41) is 2.66. The van der Waals surface area contributed by atoms with Gasteiger partial charge in [0.2, 0.25) is 0 Å². The van der Waals surface area contributed by atoms with Crippen LogP contribution >= 0.6 is 11.8 Å². The zero-order valence-corrected chi connectivity index (χ0v) is 5.90. The van der Waals surface area contributed by atoms with E-state index in [0.717, 1.165) is 5.70 Å². The Kier molecular flexibility index (Phi) is 1.73. The normalized spacial score (nSPS) is 27.8. The zero-order valence-electron chi connectivity index (χ0n) is 5.09. The minimum atomic E-state index is 0.568. The molecule has 0 aromatic rings. The van der Waals surface area contributed by atoms with Crippen LogP contribution in [-0.4, -0.2) is 11.5 Å². The summed E-state index contributed by atoms with van der Waals surface area (Å²) in [5.74, 6) is 0. The van der Waals surface area contributed by atoms with Crippen molar-refractivity contribution in [1.29, 1.82) is 0 Å². The average Bonchev–Trinajstić information content (AvgIpc) is 1.77. The van der Waals surface area contributed by atoms with Crippen LogP contribution in [0, 0.1) is 0 Å². The number of thioether (sulfide) groups is 1. The fourth-order valence-corrected chi connectivity index (χ4v) is 1.10. The van der Waals surface area contributed by atoms with Crippen LogP contribution in [0.4, 0.5) is 0 Å². The molecule has 0 bridgehead atoms. The molecule has 44 valence electrons. The van der Waals surface area contributed by atoms with E-state index in [0.29, 0.717) is 5.25 Å². The third-order valence-corrected chi connectivity index (χ3v) is 1.97. The first-order chi connectivity index (χ1) is 3.79. The van der Waals surface area contributed by atoms with E-state index in [1.165, 1.54) is 0 Å². The molecule has 1 aliphatic rings. The van der Waals surface area contributed by atoms with Gasteiger partial charge in [-0.25, -0.2) is 0 Å². The Morgan fingerprint density at radius 2 is 2.50 bits per heavy atom. The first-order valence-corrected chi connectivity index (χ1v) is 3.60. The second-order valence-corrected chi connectivity index (χ2v) is 3.13. The molecule has 0 amide bonds. The molecule has 0 spiro atoms. The number of hydrogen-bond donors (Lipinski definition) is 0. The molecule has 0 fully saturated rings. The molecule has 1 unspecified atom stereocenters. The van der Waals surface area contributed by atoms with Crippen LogP contribution in [0.5, 0.6) is 0 Å². The molecule has 0 radical (unpaired) electrons. The zero-order chi connectivity index (χ0) is 5.98. The van der Waals surface area contributed by atoms with Gasteiger partial charge in [0.05, 0.1) is 0 Å². The summed E-state index contributed by atoms with van der Waals surface area (Å²) in [7, 11) is 0. The summed E-state index contributed by atoms with van der Waals surface area (Å²) in [6, 6.07) is 0. The highest BCUT2D eigenvalue weighted by atomic mass is 32.2. The minimum Gasteiger partial charge on any atom is -0.264 e. The summed E-state index contributed by atoms with van der Waals surface area (Å²) in [6.45, 7) is 4.15. The third kappa shape index (κ3) is 1.37. The van der Waals surface area contributed by atoms with Crippen molar-refractivity contribution in [3.05, 3.63) is 11.1 Å². The lowest BCUT2D eigenvalue weighted by atomic mass is 10.5. The van der Waals surface area contributed by atoms with Gasteiger partial charge >= 0.3 is 0 Å². The van der Waals surface area contributed by atoms with Crippen LogP contribution in [0.25, 0.3) is 0 Å². The van der Waals surface area contributed by atoms with Crippen molar-refractivity contribution in [1.82, 2.24) is 0 Å². The van der Waals surface area contributed by atoms with E-state index in [4.69, 9.17) is 0 Å². The standard InChI is InChI=1S/C6H9NS/c1-5-4-8-6(2)3-7-5/h3-4,6H,1-2H3. The Hall–Kier alpha value is -0.240. The van der Waals surface area contributed by atoms with Gasteiger partial charge in [0, 0.05) is 17.2 Å². The van der Waals surface area contributed by atoms with Crippen LogP contribution in [0.15, 0.2) is 16.1 Å². The Labute approximate surface area is 53.9 Å². The molecule has 1 heterocycles. The maximum atomic E-state index is 4.13. The van der Waals surface area contributed by atoms with Crippen molar-refractivity contribution in [2.45, 2.75) is 19.1 Å². The van der Waals surface area contributed by atoms with E-state index in [-0.39, 0.29) is 0 Å². The third-order valence-electron chi connectivity index (χ3n) is 0.941. The highest BCUT2D eigenvalue weighted by Crippen LogP contribution is 2.17. The predicted molar refractivity (Wildman–Crippen MR) is 39.3 cm³/mol. The molecular formula is C6H9NS. The number of aliphatic imine (C=N–C) groups is 1. The van der Waals surface area contributed by atoms with Gasteiger partial charge in [0.15, 0.2) is 0 Å². The predicted octanol–water partition coefficient (Wildman–Crippen LogP) is 2.05. The summed E-state index contributed by atoms with van der Waals surface area (Å²) in [6.07, 6.45) is 1.97. The van der Waals surface area contributed by atoms with Gasteiger partial charge in [0.1, 0.15) is 0 Å². The van der Waals surface area contributed by atoms with Crippen molar-refractivity contribution in [2.75, 3.05) is 0 Å². The number of allylic oxidation sites excluding steroid dienone is 1.